The van der Waals surface area contributed by atoms with Crippen molar-refractivity contribution in [3.05, 3.63) is 29.6 Å². The molecule has 1 atom stereocenters. The summed E-state index contributed by atoms with van der Waals surface area (Å²) in [5.41, 5.74) is 5.64. The molecule has 0 saturated heterocycles. The molecule has 0 heterocycles. The standard InChI is InChI=1S/C15H22FNO2/c1-3-11(9-10-17)7-8-13(18)12-5-4-6-14(19-2)15(12)16/h4-6,11H,3,7-10,17H2,1-2H3. The Labute approximate surface area is 113 Å². The molecule has 0 aliphatic carbocycles. The fourth-order valence-electron chi connectivity index (χ4n) is 2.14. The van der Waals surface area contributed by atoms with Crippen molar-refractivity contribution in [1.82, 2.24) is 0 Å². The molecule has 2 N–H and O–H groups in total. The molecule has 0 aliphatic heterocycles. The second kappa shape index (κ2) is 7.89. The Morgan fingerprint density at radius 2 is 2.16 bits per heavy atom. The van der Waals surface area contributed by atoms with Crippen LogP contribution in [0.2, 0.25) is 0 Å². The van der Waals surface area contributed by atoms with Crippen LogP contribution >= 0.6 is 0 Å². The number of benzene rings is 1. The fraction of sp³-hybridized carbons (Fsp3) is 0.533. The van der Waals surface area contributed by atoms with Gasteiger partial charge in [-0.1, -0.05) is 19.4 Å². The van der Waals surface area contributed by atoms with Gasteiger partial charge in [-0.2, -0.15) is 0 Å². The first-order chi connectivity index (χ1) is 9.13. The lowest BCUT2D eigenvalue weighted by Gasteiger charge is -2.13. The van der Waals surface area contributed by atoms with Crippen molar-refractivity contribution >= 4 is 5.78 Å². The third kappa shape index (κ3) is 4.31. The number of rotatable bonds is 8. The number of Topliss-reactive ketones (excluding diaryl/α,β-unsaturated/α-hetero) is 1. The van der Waals surface area contributed by atoms with E-state index in [-0.39, 0.29) is 17.1 Å². The summed E-state index contributed by atoms with van der Waals surface area (Å²) < 4.78 is 18.8. The van der Waals surface area contributed by atoms with Crippen LogP contribution in [0.3, 0.4) is 0 Å². The molecule has 1 unspecified atom stereocenters. The maximum absolute atomic E-state index is 13.9. The Bertz CT molecular complexity index is 421. The van der Waals surface area contributed by atoms with Crippen molar-refractivity contribution in [2.75, 3.05) is 13.7 Å². The van der Waals surface area contributed by atoms with Gasteiger partial charge in [0.2, 0.25) is 0 Å². The van der Waals surface area contributed by atoms with Crippen LogP contribution in [0, 0.1) is 11.7 Å². The van der Waals surface area contributed by atoms with Gasteiger partial charge in [0, 0.05) is 6.42 Å². The molecule has 0 aromatic heterocycles. The Balaban J connectivity index is 2.68. The normalized spacial score (nSPS) is 12.2. The molecule has 0 fully saturated rings. The number of hydrogen-bond acceptors (Lipinski definition) is 3. The zero-order valence-corrected chi connectivity index (χ0v) is 11.6. The highest BCUT2D eigenvalue weighted by molar-refractivity contribution is 5.96. The summed E-state index contributed by atoms with van der Waals surface area (Å²) in [5.74, 6) is -0.198. The van der Waals surface area contributed by atoms with Crippen molar-refractivity contribution < 1.29 is 13.9 Å². The van der Waals surface area contributed by atoms with Gasteiger partial charge in [-0.3, -0.25) is 4.79 Å². The molecule has 0 saturated carbocycles. The number of carbonyl (C=O) groups excluding carboxylic acids is 1. The molecule has 0 amide bonds. The van der Waals surface area contributed by atoms with E-state index in [0.29, 0.717) is 18.9 Å². The second-order valence-corrected chi connectivity index (χ2v) is 4.64. The quantitative estimate of drug-likeness (QED) is 0.736. The predicted octanol–water partition coefficient (Wildman–Crippen LogP) is 3.17. The number of carbonyl (C=O) groups is 1. The number of ketones is 1. The zero-order chi connectivity index (χ0) is 14.3. The minimum absolute atomic E-state index is 0.111. The van der Waals surface area contributed by atoms with Crippen LogP contribution in [0.1, 0.15) is 43.0 Å². The van der Waals surface area contributed by atoms with E-state index >= 15 is 0 Å². The van der Waals surface area contributed by atoms with Crippen LogP contribution in [-0.2, 0) is 0 Å². The summed E-state index contributed by atoms with van der Waals surface area (Å²) in [4.78, 5) is 12.0. The van der Waals surface area contributed by atoms with Crippen LogP contribution in [0.5, 0.6) is 5.75 Å². The summed E-state index contributed by atoms with van der Waals surface area (Å²) >= 11 is 0. The van der Waals surface area contributed by atoms with E-state index in [4.69, 9.17) is 10.5 Å². The lowest BCUT2D eigenvalue weighted by molar-refractivity contribution is 0.0968. The maximum atomic E-state index is 13.9. The molecule has 19 heavy (non-hydrogen) atoms. The highest BCUT2D eigenvalue weighted by Gasteiger charge is 2.16. The van der Waals surface area contributed by atoms with Gasteiger partial charge in [0.15, 0.2) is 17.3 Å². The second-order valence-electron chi connectivity index (χ2n) is 4.64. The van der Waals surface area contributed by atoms with E-state index in [1.807, 2.05) is 0 Å². The first kappa shape index (κ1) is 15.6. The minimum Gasteiger partial charge on any atom is -0.494 e. The molecule has 1 aromatic carbocycles. The third-order valence-corrected chi connectivity index (χ3v) is 3.42. The van der Waals surface area contributed by atoms with Crippen LogP contribution < -0.4 is 10.5 Å². The molecule has 0 bridgehead atoms. The molecular weight excluding hydrogens is 245 g/mol. The van der Waals surface area contributed by atoms with E-state index in [0.717, 1.165) is 19.3 Å². The van der Waals surface area contributed by atoms with Crippen molar-refractivity contribution in [2.45, 2.75) is 32.6 Å². The van der Waals surface area contributed by atoms with E-state index < -0.39 is 5.82 Å². The molecule has 1 aromatic rings. The summed E-state index contributed by atoms with van der Waals surface area (Å²) in [7, 11) is 1.39. The van der Waals surface area contributed by atoms with Gasteiger partial charge in [0.25, 0.3) is 0 Å². The van der Waals surface area contributed by atoms with Gasteiger partial charge in [-0.15, -0.1) is 0 Å². The van der Waals surface area contributed by atoms with Gasteiger partial charge in [0.05, 0.1) is 12.7 Å². The lowest BCUT2D eigenvalue weighted by Crippen LogP contribution is -2.11. The smallest absolute Gasteiger partial charge is 0.175 e. The van der Waals surface area contributed by atoms with Gasteiger partial charge >= 0.3 is 0 Å². The van der Waals surface area contributed by atoms with E-state index in [1.54, 1.807) is 6.07 Å². The van der Waals surface area contributed by atoms with Crippen LogP contribution in [0.25, 0.3) is 0 Å². The summed E-state index contributed by atoms with van der Waals surface area (Å²) in [6.07, 6.45) is 3.00. The first-order valence-electron chi connectivity index (χ1n) is 6.69. The SMILES string of the molecule is CCC(CCN)CCC(=O)c1cccc(OC)c1F. The van der Waals surface area contributed by atoms with Crippen LogP contribution in [-0.4, -0.2) is 19.4 Å². The largest absolute Gasteiger partial charge is 0.494 e. The van der Waals surface area contributed by atoms with Crippen molar-refractivity contribution in [1.29, 1.82) is 0 Å². The number of nitrogens with two attached hydrogens (primary N) is 1. The van der Waals surface area contributed by atoms with Crippen molar-refractivity contribution in [3.8, 4) is 5.75 Å². The highest BCUT2D eigenvalue weighted by atomic mass is 19.1. The highest BCUT2D eigenvalue weighted by Crippen LogP contribution is 2.23. The zero-order valence-electron chi connectivity index (χ0n) is 11.6. The summed E-state index contributed by atoms with van der Waals surface area (Å²) in [6.45, 7) is 2.71. The Morgan fingerprint density at radius 1 is 1.42 bits per heavy atom. The van der Waals surface area contributed by atoms with Crippen LogP contribution in [0.15, 0.2) is 18.2 Å². The Kier molecular flexibility index (Phi) is 6.50. The average molecular weight is 267 g/mol. The van der Waals surface area contributed by atoms with Crippen molar-refractivity contribution in [3.63, 3.8) is 0 Å². The van der Waals surface area contributed by atoms with E-state index in [2.05, 4.69) is 6.92 Å². The number of hydrogen-bond donors (Lipinski definition) is 1. The molecule has 0 aliphatic rings. The number of halogens is 1. The summed E-state index contributed by atoms with van der Waals surface area (Å²) in [6, 6.07) is 4.64. The fourth-order valence-corrected chi connectivity index (χ4v) is 2.14. The van der Waals surface area contributed by atoms with Gasteiger partial charge < -0.3 is 10.5 Å². The number of ether oxygens (including phenoxy) is 1. The van der Waals surface area contributed by atoms with Crippen LogP contribution in [0.4, 0.5) is 4.39 Å². The topological polar surface area (TPSA) is 52.3 Å². The molecule has 4 heteroatoms. The van der Waals surface area contributed by atoms with E-state index in [9.17, 15) is 9.18 Å². The molecular formula is C15H22FNO2. The monoisotopic (exact) mass is 267 g/mol. The molecule has 3 nitrogen and oxygen atoms in total. The maximum Gasteiger partial charge on any atom is 0.175 e. The Hall–Kier alpha value is -1.42. The number of methoxy groups -OCH3 is 1. The van der Waals surface area contributed by atoms with Gasteiger partial charge in [-0.25, -0.2) is 4.39 Å². The van der Waals surface area contributed by atoms with Gasteiger partial charge in [0.1, 0.15) is 0 Å². The molecule has 1 rings (SSSR count). The van der Waals surface area contributed by atoms with E-state index in [1.165, 1.54) is 19.2 Å². The van der Waals surface area contributed by atoms with Crippen molar-refractivity contribution in [2.24, 2.45) is 11.7 Å². The van der Waals surface area contributed by atoms with Gasteiger partial charge in [-0.05, 0) is 37.4 Å². The minimum atomic E-state index is -0.568. The lowest BCUT2D eigenvalue weighted by atomic mass is 9.94. The molecule has 106 valence electrons. The first-order valence-corrected chi connectivity index (χ1v) is 6.69. The summed E-state index contributed by atoms with van der Waals surface area (Å²) in [5, 5.41) is 0. The molecule has 0 spiro atoms. The third-order valence-electron chi connectivity index (χ3n) is 3.42. The molecule has 0 radical (unpaired) electrons. The average Bonchev–Trinajstić information content (AvgIpc) is 2.43. The Morgan fingerprint density at radius 3 is 2.74 bits per heavy atom. The predicted molar refractivity (Wildman–Crippen MR) is 74.0 cm³/mol.